The van der Waals surface area contributed by atoms with E-state index in [1.807, 2.05) is 13.0 Å². The third-order valence-electron chi connectivity index (χ3n) is 2.86. The molecule has 0 aliphatic carbocycles. The Kier molecular flexibility index (Phi) is 6.01. The number of hydrogen-bond acceptors (Lipinski definition) is 5. The minimum Gasteiger partial charge on any atom is -0.381 e. The van der Waals surface area contributed by atoms with Gasteiger partial charge in [0.2, 0.25) is 5.95 Å². The predicted molar refractivity (Wildman–Crippen MR) is 86.0 cm³/mol. The van der Waals surface area contributed by atoms with Crippen molar-refractivity contribution in [3.8, 4) is 0 Å². The lowest BCUT2D eigenvalue weighted by molar-refractivity contribution is 0.131. The largest absolute Gasteiger partial charge is 0.381 e. The van der Waals surface area contributed by atoms with Crippen molar-refractivity contribution < 1.29 is 4.74 Å². The van der Waals surface area contributed by atoms with E-state index < -0.39 is 0 Å². The number of nitrogens with zero attached hydrogens (tertiary/aromatic N) is 2. The van der Waals surface area contributed by atoms with E-state index in [2.05, 4.69) is 22.2 Å². The average molecular weight is 314 g/mol. The number of nitrogens with one attached hydrogen (secondary N) is 1. The van der Waals surface area contributed by atoms with Crippen molar-refractivity contribution >= 4 is 39.1 Å². The first-order valence-corrected chi connectivity index (χ1v) is 8.15. The fourth-order valence-corrected chi connectivity index (χ4v) is 2.97. The van der Waals surface area contributed by atoms with E-state index in [0.717, 1.165) is 42.8 Å². The summed E-state index contributed by atoms with van der Waals surface area (Å²) < 4.78 is 5.50. The summed E-state index contributed by atoms with van der Waals surface area (Å²) in [6, 6.07) is 2.02. The van der Waals surface area contributed by atoms with E-state index in [4.69, 9.17) is 16.3 Å². The molecule has 0 saturated carbocycles. The van der Waals surface area contributed by atoms with Crippen molar-refractivity contribution in [2.45, 2.75) is 33.1 Å². The van der Waals surface area contributed by atoms with Crippen LogP contribution in [-0.4, -0.2) is 29.7 Å². The van der Waals surface area contributed by atoms with Gasteiger partial charge in [0, 0.05) is 30.0 Å². The van der Waals surface area contributed by atoms with Crippen LogP contribution in [0.25, 0.3) is 10.2 Å². The maximum Gasteiger partial charge on any atom is 0.225 e. The number of anilines is 1. The molecule has 0 bridgehead atoms. The van der Waals surface area contributed by atoms with Crippen LogP contribution in [0.5, 0.6) is 0 Å². The van der Waals surface area contributed by atoms with E-state index in [1.165, 1.54) is 11.3 Å². The molecule has 0 aliphatic rings. The Morgan fingerprint density at radius 2 is 2.10 bits per heavy atom. The van der Waals surface area contributed by atoms with Gasteiger partial charge in [-0.3, -0.25) is 0 Å². The van der Waals surface area contributed by atoms with Crippen LogP contribution >= 0.6 is 22.9 Å². The van der Waals surface area contributed by atoms with Crippen molar-refractivity contribution in [1.82, 2.24) is 9.97 Å². The first-order chi connectivity index (χ1) is 9.70. The minimum absolute atomic E-state index is 0.515. The van der Waals surface area contributed by atoms with Crippen LogP contribution in [0, 0.1) is 6.92 Å². The summed E-state index contributed by atoms with van der Waals surface area (Å²) in [5, 5.41) is 4.65. The number of aromatic nitrogens is 2. The quantitative estimate of drug-likeness (QED) is 0.584. The summed E-state index contributed by atoms with van der Waals surface area (Å²) in [6.45, 7) is 6.61. The number of thiophene rings is 1. The molecule has 0 radical (unpaired) electrons. The highest BCUT2D eigenvalue weighted by atomic mass is 35.5. The maximum absolute atomic E-state index is 6.16. The van der Waals surface area contributed by atoms with Crippen molar-refractivity contribution in [3.05, 3.63) is 16.1 Å². The van der Waals surface area contributed by atoms with Crippen LogP contribution in [0.4, 0.5) is 5.95 Å². The van der Waals surface area contributed by atoms with E-state index in [1.54, 1.807) is 11.3 Å². The molecule has 20 heavy (non-hydrogen) atoms. The van der Waals surface area contributed by atoms with E-state index >= 15 is 0 Å². The summed E-state index contributed by atoms with van der Waals surface area (Å²) in [6.07, 6.45) is 3.23. The van der Waals surface area contributed by atoms with Crippen molar-refractivity contribution in [3.63, 3.8) is 0 Å². The van der Waals surface area contributed by atoms with Gasteiger partial charge in [-0.2, -0.15) is 0 Å². The highest BCUT2D eigenvalue weighted by molar-refractivity contribution is 7.18. The van der Waals surface area contributed by atoms with Crippen LogP contribution in [0.2, 0.25) is 5.15 Å². The highest BCUT2D eigenvalue weighted by Crippen LogP contribution is 2.29. The number of hydrogen-bond donors (Lipinski definition) is 1. The molecule has 0 amide bonds. The fourth-order valence-electron chi connectivity index (χ4n) is 1.81. The molecule has 0 saturated heterocycles. The molecule has 2 aromatic heterocycles. The standard InChI is InChI=1S/C14H20ClN3OS/c1-3-4-7-19-8-5-6-16-14-17-12(15)11-9-10(2)20-13(11)18-14/h9H,3-8H2,1-2H3,(H,16,17,18). The Morgan fingerprint density at radius 3 is 2.90 bits per heavy atom. The molecule has 6 heteroatoms. The molecule has 0 unspecified atom stereocenters. The summed E-state index contributed by atoms with van der Waals surface area (Å²) in [5.74, 6) is 0.595. The van der Waals surface area contributed by atoms with Crippen molar-refractivity contribution in [2.24, 2.45) is 0 Å². The number of fused-ring (bicyclic) bond motifs is 1. The van der Waals surface area contributed by atoms with E-state index in [9.17, 15) is 0 Å². The SMILES string of the molecule is CCCCOCCCNc1nc(Cl)c2cc(C)sc2n1. The van der Waals surface area contributed by atoms with Crippen molar-refractivity contribution in [1.29, 1.82) is 0 Å². The Bertz CT molecular complexity index is 559. The molecule has 2 heterocycles. The van der Waals surface area contributed by atoms with Gasteiger partial charge in [0.15, 0.2) is 0 Å². The van der Waals surface area contributed by atoms with Crippen LogP contribution in [0.3, 0.4) is 0 Å². The molecular weight excluding hydrogens is 294 g/mol. The van der Waals surface area contributed by atoms with Gasteiger partial charge >= 0.3 is 0 Å². The van der Waals surface area contributed by atoms with Gasteiger partial charge < -0.3 is 10.1 Å². The van der Waals surface area contributed by atoms with Gasteiger partial charge in [-0.05, 0) is 25.8 Å². The molecule has 2 rings (SSSR count). The number of rotatable bonds is 8. The monoisotopic (exact) mass is 313 g/mol. The molecule has 2 aromatic rings. The predicted octanol–water partition coefficient (Wildman–Crippen LogP) is 4.27. The molecular formula is C14H20ClN3OS. The van der Waals surface area contributed by atoms with Crippen molar-refractivity contribution in [2.75, 3.05) is 25.1 Å². The number of aryl methyl sites for hydroxylation is 1. The zero-order chi connectivity index (χ0) is 14.4. The third kappa shape index (κ3) is 4.30. The number of unbranched alkanes of at least 4 members (excludes halogenated alkanes) is 1. The summed E-state index contributed by atoms with van der Waals surface area (Å²) in [7, 11) is 0. The zero-order valence-corrected chi connectivity index (χ0v) is 13.5. The van der Waals surface area contributed by atoms with Crippen LogP contribution in [-0.2, 0) is 4.74 Å². The molecule has 0 aromatic carbocycles. The lowest BCUT2D eigenvalue weighted by Gasteiger charge is -2.06. The first-order valence-electron chi connectivity index (χ1n) is 6.96. The van der Waals surface area contributed by atoms with E-state index in [0.29, 0.717) is 11.1 Å². The fraction of sp³-hybridized carbons (Fsp3) is 0.571. The average Bonchev–Trinajstić information content (AvgIpc) is 2.79. The lowest BCUT2D eigenvalue weighted by atomic mass is 10.3. The lowest BCUT2D eigenvalue weighted by Crippen LogP contribution is -2.08. The van der Waals surface area contributed by atoms with Crippen LogP contribution in [0.1, 0.15) is 31.1 Å². The molecule has 0 spiro atoms. The second-order valence-corrected chi connectivity index (χ2v) is 6.25. The maximum atomic E-state index is 6.16. The van der Waals surface area contributed by atoms with Gasteiger partial charge in [-0.25, -0.2) is 9.97 Å². The molecule has 4 nitrogen and oxygen atoms in total. The summed E-state index contributed by atoms with van der Waals surface area (Å²) in [5.41, 5.74) is 0. The minimum atomic E-state index is 0.515. The molecule has 0 atom stereocenters. The summed E-state index contributed by atoms with van der Waals surface area (Å²) >= 11 is 7.80. The van der Waals surface area contributed by atoms with Crippen LogP contribution < -0.4 is 5.32 Å². The highest BCUT2D eigenvalue weighted by Gasteiger charge is 2.08. The van der Waals surface area contributed by atoms with Crippen LogP contribution in [0.15, 0.2) is 6.07 Å². The second kappa shape index (κ2) is 7.76. The second-order valence-electron chi connectivity index (χ2n) is 4.66. The van der Waals surface area contributed by atoms with Gasteiger partial charge in [0.05, 0.1) is 0 Å². The normalized spacial score (nSPS) is 11.2. The zero-order valence-electron chi connectivity index (χ0n) is 11.9. The van der Waals surface area contributed by atoms with Gasteiger partial charge in [-0.15, -0.1) is 11.3 Å². The first kappa shape index (κ1) is 15.5. The number of ether oxygens (including phenoxy) is 1. The van der Waals surface area contributed by atoms with Gasteiger partial charge in [-0.1, -0.05) is 24.9 Å². The molecule has 110 valence electrons. The third-order valence-corrected chi connectivity index (χ3v) is 4.09. The smallest absolute Gasteiger partial charge is 0.225 e. The Labute approximate surface area is 128 Å². The number of halogens is 1. The molecule has 0 fully saturated rings. The summed E-state index contributed by atoms with van der Waals surface area (Å²) in [4.78, 5) is 10.9. The van der Waals surface area contributed by atoms with Gasteiger partial charge in [0.1, 0.15) is 9.98 Å². The topological polar surface area (TPSA) is 47.0 Å². The Morgan fingerprint density at radius 1 is 1.30 bits per heavy atom. The Hall–Kier alpha value is -0.910. The van der Waals surface area contributed by atoms with Gasteiger partial charge in [0.25, 0.3) is 0 Å². The Balaban J connectivity index is 1.81. The molecule has 1 N–H and O–H groups in total. The van der Waals surface area contributed by atoms with E-state index in [-0.39, 0.29) is 0 Å². The molecule has 0 aliphatic heterocycles.